The normalized spacial score (nSPS) is 11.8. The lowest BCUT2D eigenvalue weighted by Crippen LogP contribution is -2.38. The van der Waals surface area contributed by atoms with Crippen molar-refractivity contribution in [2.45, 2.75) is 30.4 Å². The number of hydrogen-bond acceptors (Lipinski definition) is 4. The molecule has 0 aliphatic heterocycles. The molecule has 20 heavy (non-hydrogen) atoms. The van der Waals surface area contributed by atoms with Crippen molar-refractivity contribution >= 4 is 38.9 Å². The fraction of sp³-hybridized carbons (Fsp3) is 0.583. The molecule has 1 heterocycles. The average molecular weight is 339 g/mol. The van der Waals surface area contributed by atoms with Gasteiger partial charge in [0.1, 0.15) is 4.21 Å². The number of likely N-dealkylation sites (N-methyl/N-ethyl adjacent to an activating group) is 1. The van der Waals surface area contributed by atoms with Gasteiger partial charge in [0.2, 0.25) is 5.91 Å². The number of unbranched alkanes of at least 4 members (excludes halogenated alkanes) is 2. The van der Waals surface area contributed by atoms with Gasteiger partial charge in [0.15, 0.2) is 0 Å². The van der Waals surface area contributed by atoms with Crippen LogP contribution in [0, 0.1) is 0 Å². The first-order valence-electron chi connectivity index (χ1n) is 6.36. The fourth-order valence-corrected chi connectivity index (χ4v) is 4.36. The molecule has 1 aromatic rings. The van der Waals surface area contributed by atoms with Crippen LogP contribution in [0.15, 0.2) is 16.3 Å². The monoisotopic (exact) mass is 338 g/mol. The standard InChI is InChI=1S/C12H19ClN2O3S2/c1-3-4-5-8-14-11(16)9-15(2)20(17,18)12-7-6-10(13)19-12/h6-7H,3-5,8-9H2,1-2H3,(H,14,16). The van der Waals surface area contributed by atoms with E-state index in [4.69, 9.17) is 11.6 Å². The number of amides is 1. The van der Waals surface area contributed by atoms with Crippen molar-refractivity contribution < 1.29 is 13.2 Å². The van der Waals surface area contributed by atoms with Crippen molar-refractivity contribution in [3.05, 3.63) is 16.5 Å². The van der Waals surface area contributed by atoms with Gasteiger partial charge in [-0.1, -0.05) is 31.4 Å². The second-order valence-corrected chi connectivity index (χ2v) is 8.36. The Hall–Kier alpha value is -0.630. The summed E-state index contributed by atoms with van der Waals surface area (Å²) in [6, 6.07) is 2.97. The van der Waals surface area contributed by atoms with E-state index in [1.165, 1.54) is 19.2 Å². The van der Waals surface area contributed by atoms with Crippen molar-refractivity contribution in [1.29, 1.82) is 0 Å². The fourth-order valence-electron chi connectivity index (χ4n) is 1.54. The Morgan fingerprint density at radius 3 is 2.65 bits per heavy atom. The molecule has 0 spiro atoms. The van der Waals surface area contributed by atoms with Gasteiger partial charge in [-0.25, -0.2) is 8.42 Å². The minimum atomic E-state index is -3.64. The maximum absolute atomic E-state index is 12.2. The number of halogens is 1. The molecule has 0 bridgehead atoms. The summed E-state index contributed by atoms with van der Waals surface area (Å²) >= 11 is 6.71. The number of thiophene rings is 1. The number of carbonyl (C=O) groups is 1. The van der Waals surface area contributed by atoms with Gasteiger partial charge in [-0.2, -0.15) is 4.31 Å². The van der Waals surface area contributed by atoms with Crippen LogP contribution < -0.4 is 5.32 Å². The highest BCUT2D eigenvalue weighted by Gasteiger charge is 2.24. The van der Waals surface area contributed by atoms with E-state index < -0.39 is 10.0 Å². The second-order valence-electron chi connectivity index (χ2n) is 4.38. The molecule has 0 saturated heterocycles. The Morgan fingerprint density at radius 1 is 1.40 bits per heavy atom. The molecule has 0 aliphatic carbocycles. The van der Waals surface area contributed by atoms with E-state index in [0.29, 0.717) is 10.9 Å². The summed E-state index contributed by atoms with van der Waals surface area (Å²) in [5, 5.41) is 2.71. The Bertz CT molecular complexity index is 543. The topological polar surface area (TPSA) is 66.5 Å². The van der Waals surface area contributed by atoms with Gasteiger partial charge >= 0.3 is 0 Å². The van der Waals surface area contributed by atoms with Gasteiger partial charge in [0.05, 0.1) is 10.9 Å². The Morgan fingerprint density at radius 2 is 2.10 bits per heavy atom. The summed E-state index contributed by atoms with van der Waals surface area (Å²) in [5.41, 5.74) is 0. The number of sulfonamides is 1. The molecule has 0 radical (unpaired) electrons. The van der Waals surface area contributed by atoms with Crippen LogP contribution >= 0.6 is 22.9 Å². The van der Waals surface area contributed by atoms with Crippen LogP contribution in [0.1, 0.15) is 26.2 Å². The maximum Gasteiger partial charge on any atom is 0.252 e. The predicted octanol–water partition coefficient (Wildman–Crippen LogP) is 2.33. The van der Waals surface area contributed by atoms with Gasteiger partial charge in [0.25, 0.3) is 10.0 Å². The quantitative estimate of drug-likeness (QED) is 0.740. The second kappa shape index (κ2) is 7.97. The number of rotatable bonds is 8. The Labute approximate surface area is 129 Å². The summed E-state index contributed by atoms with van der Waals surface area (Å²) < 4.78 is 25.9. The first-order chi connectivity index (χ1) is 9.37. The minimum absolute atomic E-state index is 0.142. The predicted molar refractivity (Wildman–Crippen MR) is 81.7 cm³/mol. The zero-order valence-corrected chi connectivity index (χ0v) is 13.9. The van der Waals surface area contributed by atoms with Crippen molar-refractivity contribution in [2.24, 2.45) is 0 Å². The van der Waals surface area contributed by atoms with Crippen LogP contribution in [-0.2, 0) is 14.8 Å². The molecule has 5 nitrogen and oxygen atoms in total. The molecule has 0 fully saturated rings. The SMILES string of the molecule is CCCCCNC(=O)CN(C)S(=O)(=O)c1ccc(Cl)s1. The smallest absolute Gasteiger partial charge is 0.252 e. The first-order valence-corrected chi connectivity index (χ1v) is 8.99. The third kappa shape index (κ3) is 5.05. The first kappa shape index (κ1) is 17.4. The van der Waals surface area contributed by atoms with Crippen molar-refractivity contribution in [2.75, 3.05) is 20.1 Å². The third-order valence-electron chi connectivity index (χ3n) is 2.68. The van der Waals surface area contributed by atoms with Crippen LogP contribution in [0.25, 0.3) is 0 Å². The summed E-state index contributed by atoms with van der Waals surface area (Å²) in [6.45, 7) is 2.46. The zero-order valence-electron chi connectivity index (χ0n) is 11.6. The molecular weight excluding hydrogens is 320 g/mol. The lowest BCUT2D eigenvalue weighted by molar-refractivity contribution is -0.121. The number of carbonyl (C=O) groups excluding carboxylic acids is 1. The lowest BCUT2D eigenvalue weighted by Gasteiger charge is -2.15. The average Bonchev–Trinajstić information content (AvgIpc) is 2.82. The van der Waals surface area contributed by atoms with Crippen molar-refractivity contribution in [1.82, 2.24) is 9.62 Å². The molecule has 114 valence electrons. The molecule has 1 aromatic heterocycles. The van der Waals surface area contributed by atoms with E-state index in [0.717, 1.165) is 34.9 Å². The van der Waals surface area contributed by atoms with Gasteiger partial charge in [0, 0.05) is 13.6 Å². The van der Waals surface area contributed by atoms with E-state index in [1.54, 1.807) is 0 Å². The van der Waals surface area contributed by atoms with Crippen LogP contribution in [0.5, 0.6) is 0 Å². The van der Waals surface area contributed by atoms with Crippen LogP contribution in [-0.4, -0.2) is 38.8 Å². The number of hydrogen-bond donors (Lipinski definition) is 1. The number of nitrogens with zero attached hydrogens (tertiary/aromatic N) is 1. The summed E-state index contributed by atoms with van der Waals surface area (Å²) in [7, 11) is -2.26. The van der Waals surface area contributed by atoms with Crippen LogP contribution in [0.2, 0.25) is 4.34 Å². The molecule has 8 heteroatoms. The van der Waals surface area contributed by atoms with Crippen LogP contribution in [0.3, 0.4) is 0 Å². The van der Waals surface area contributed by atoms with E-state index in [-0.39, 0.29) is 16.7 Å². The highest BCUT2D eigenvalue weighted by Crippen LogP contribution is 2.27. The highest BCUT2D eigenvalue weighted by atomic mass is 35.5. The van der Waals surface area contributed by atoms with Gasteiger partial charge in [-0.15, -0.1) is 11.3 Å². The van der Waals surface area contributed by atoms with Crippen LogP contribution in [0.4, 0.5) is 0 Å². The van der Waals surface area contributed by atoms with E-state index in [9.17, 15) is 13.2 Å². The Kier molecular flexibility index (Phi) is 6.94. The molecule has 0 aliphatic rings. The molecule has 1 amide bonds. The van der Waals surface area contributed by atoms with E-state index >= 15 is 0 Å². The molecule has 0 aromatic carbocycles. The van der Waals surface area contributed by atoms with Gasteiger partial charge in [-0.3, -0.25) is 4.79 Å². The zero-order chi connectivity index (χ0) is 15.2. The van der Waals surface area contributed by atoms with Crippen molar-refractivity contribution in [3.63, 3.8) is 0 Å². The third-order valence-corrected chi connectivity index (χ3v) is 6.18. The summed E-state index contributed by atoms with van der Waals surface area (Å²) in [6.07, 6.45) is 3.02. The summed E-state index contributed by atoms with van der Waals surface area (Å²) in [5.74, 6) is -0.296. The minimum Gasteiger partial charge on any atom is -0.355 e. The van der Waals surface area contributed by atoms with Crippen molar-refractivity contribution in [3.8, 4) is 0 Å². The van der Waals surface area contributed by atoms with Gasteiger partial charge in [-0.05, 0) is 18.6 Å². The largest absolute Gasteiger partial charge is 0.355 e. The lowest BCUT2D eigenvalue weighted by atomic mass is 10.2. The summed E-state index contributed by atoms with van der Waals surface area (Å²) in [4.78, 5) is 11.7. The molecule has 0 unspecified atom stereocenters. The highest BCUT2D eigenvalue weighted by molar-refractivity contribution is 7.91. The van der Waals surface area contributed by atoms with E-state index in [1.807, 2.05) is 0 Å². The van der Waals surface area contributed by atoms with E-state index in [2.05, 4.69) is 12.2 Å². The molecule has 0 saturated carbocycles. The number of nitrogens with one attached hydrogen (secondary N) is 1. The molecule has 1 rings (SSSR count). The molecular formula is C12H19ClN2O3S2. The molecule has 0 atom stereocenters. The molecule has 1 N–H and O–H groups in total. The van der Waals surface area contributed by atoms with Gasteiger partial charge < -0.3 is 5.32 Å². The Balaban J connectivity index is 2.53. The maximum atomic E-state index is 12.2.